The second-order valence-electron chi connectivity index (χ2n) is 9.73. The second-order valence-corrected chi connectivity index (χ2v) is 9.73. The molecule has 1 saturated heterocycles. The first-order valence-corrected chi connectivity index (χ1v) is 11.1. The Hall–Kier alpha value is -2.03. The van der Waals surface area contributed by atoms with Crippen LogP contribution >= 0.6 is 0 Å². The molecule has 6 nitrogen and oxygen atoms in total. The van der Waals surface area contributed by atoms with Crippen LogP contribution in [0, 0.1) is 17.8 Å². The lowest BCUT2D eigenvalue weighted by molar-refractivity contribution is -0.137. The molecule has 2 heterocycles. The van der Waals surface area contributed by atoms with Crippen LogP contribution in [0.4, 0.5) is 18.0 Å². The standard InChI is InChI=1S/C22H27F3N2O4/c23-22(24,25)16-1-2-18(26-11-16)30-17-4-6-27(12-17)20(28)31-19-14-3-5-21(29)9-13(7-14)8-15(19)10-21/h1-2,11,13-15,17,19,29H,3-10,12H2. The number of pyridine rings is 1. The van der Waals surface area contributed by atoms with Gasteiger partial charge in [0.2, 0.25) is 5.88 Å². The molecule has 0 radical (unpaired) electrons. The van der Waals surface area contributed by atoms with E-state index in [1.807, 2.05) is 0 Å². The molecule has 31 heavy (non-hydrogen) atoms. The molecule has 1 aliphatic heterocycles. The number of hydrogen-bond acceptors (Lipinski definition) is 5. The van der Waals surface area contributed by atoms with Crippen LogP contribution in [0.15, 0.2) is 18.3 Å². The lowest BCUT2D eigenvalue weighted by Gasteiger charge is -2.46. The lowest BCUT2D eigenvalue weighted by atomic mass is 9.65. The van der Waals surface area contributed by atoms with Crippen LogP contribution in [-0.2, 0) is 10.9 Å². The average Bonchev–Trinajstić information content (AvgIpc) is 3.09. The van der Waals surface area contributed by atoms with Crippen LogP contribution in [-0.4, -0.2) is 52.0 Å². The molecular weight excluding hydrogens is 413 g/mol. The molecule has 6 atom stereocenters. The molecule has 1 N–H and O–H groups in total. The normalized spacial score (nSPS) is 37.0. The molecule has 4 bridgehead atoms. The first kappa shape index (κ1) is 20.8. The molecule has 4 aliphatic carbocycles. The fourth-order valence-electron chi connectivity index (χ4n) is 6.18. The van der Waals surface area contributed by atoms with E-state index in [4.69, 9.17) is 9.47 Å². The summed E-state index contributed by atoms with van der Waals surface area (Å²) in [6.07, 6.45) is 1.34. The van der Waals surface area contributed by atoms with Gasteiger partial charge in [-0.05, 0) is 62.3 Å². The highest BCUT2D eigenvalue weighted by Gasteiger charge is 2.52. The molecule has 1 aromatic heterocycles. The summed E-state index contributed by atoms with van der Waals surface area (Å²) in [7, 11) is 0. The minimum Gasteiger partial charge on any atom is -0.472 e. The molecule has 1 aromatic rings. The quantitative estimate of drug-likeness (QED) is 0.769. The van der Waals surface area contributed by atoms with E-state index < -0.39 is 17.3 Å². The maximum absolute atomic E-state index is 12.8. The van der Waals surface area contributed by atoms with Gasteiger partial charge in [-0.1, -0.05) is 0 Å². The Bertz CT molecular complexity index is 833. The zero-order valence-corrected chi connectivity index (χ0v) is 17.2. The van der Waals surface area contributed by atoms with Gasteiger partial charge in [0.1, 0.15) is 12.2 Å². The summed E-state index contributed by atoms with van der Waals surface area (Å²) < 4.78 is 49.6. The number of carbonyl (C=O) groups excluding carboxylic acids is 1. The van der Waals surface area contributed by atoms with E-state index in [2.05, 4.69) is 4.98 Å². The number of rotatable bonds is 3. The molecule has 6 rings (SSSR count). The molecule has 6 unspecified atom stereocenters. The number of hydrogen-bond donors (Lipinski definition) is 1. The molecule has 4 saturated carbocycles. The van der Waals surface area contributed by atoms with Crippen LogP contribution in [0.1, 0.15) is 50.5 Å². The smallest absolute Gasteiger partial charge is 0.417 e. The largest absolute Gasteiger partial charge is 0.472 e. The zero-order valence-electron chi connectivity index (χ0n) is 17.2. The van der Waals surface area contributed by atoms with Crippen molar-refractivity contribution in [1.29, 1.82) is 0 Å². The van der Waals surface area contributed by atoms with E-state index in [-0.39, 0.29) is 30.1 Å². The lowest BCUT2D eigenvalue weighted by Crippen LogP contribution is -2.47. The van der Waals surface area contributed by atoms with Crippen molar-refractivity contribution in [3.05, 3.63) is 23.9 Å². The number of fused-ring (bicyclic) bond motifs is 1. The Labute approximate surface area is 178 Å². The van der Waals surface area contributed by atoms with Gasteiger partial charge in [-0.3, -0.25) is 0 Å². The Balaban J connectivity index is 1.17. The number of aromatic nitrogens is 1. The molecule has 5 fully saturated rings. The van der Waals surface area contributed by atoms with Gasteiger partial charge >= 0.3 is 12.3 Å². The summed E-state index contributed by atoms with van der Waals surface area (Å²) >= 11 is 0. The number of alkyl halides is 3. The monoisotopic (exact) mass is 440 g/mol. The first-order chi connectivity index (χ1) is 14.7. The van der Waals surface area contributed by atoms with E-state index in [1.165, 1.54) is 6.07 Å². The van der Waals surface area contributed by atoms with E-state index in [0.717, 1.165) is 44.4 Å². The predicted octanol–water partition coefficient (Wildman–Crippen LogP) is 4.02. The van der Waals surface area contributed by atoms with Gasteiger partial charge in [-0.25, -0.2) is 9.78 Å². The second kappa shape index (κ2) is 7.53. The molecule has 9 heteroatoms. The predicted molar refractivity (Wildman–Crippen MR) is 103 cm³/mol. The van der Waals surface area contributed by atoms with Gasteiger partial charge in [0.05, 0.1) is 17.7 Å². The fourth-order valence-corrected chi connectivity index (χ4v) is 6.18. The third kappa shape index (κ3) is 4.21. The van der Waals surface area contributed by atoms with Crippen molar-refractivity contribution in [2.45, 2.75) is 68.9 Å². The van der Waals surface area contributed by atoms with Crippen LogP contribution in [0.2, 0.25) is 0 Å². The number of amides is 1. The summed E-state index contributed by atoms with van der Waals surface area (Å²) in [4.78, 5) is 18.2. The Morgan fingerprint density at radius 3 is 2.74 bits per heavy atom. The summed E-state index contributed by atoms with van der Waals surface area (Å²) in [5, 5.41) is 10.8. The number of halogens is 3. The molecule has 170 valence electrons. The van der Waals surface area contributed by atoms with Crippen LogP contribution < -0.4 is 4.74 Å². The third-order valence-electron chi connectivity index (χ3n) is 7.48. The number of ether oxygens (including phenoxy) is 2. The van der Waals surface area contributed by atoms with E-state index >= 15 is 0 Å². The third-order valence-corrected chi connectivity index (χ3v) is 7.48. The fraction of sp³-hybridized carbons (Fsp3) is 0.727. The summed E-state index contributed by atoms with van der Waals surface area (Å²) in [5.41, 5.74) is -1.42. The molecule has 0 spiro atoms. The van der Waals surface area contributed by atoms with Crippen molar-refractivity contribution in [2.75, 3.05) is 13.1 Å². The number of likely N-dealkylation sites (tertiary alicyclic amines) is 1. The van der Waals surface area contributed by atoms with Gasteiger partial charge < -0.3 is 19.5 Å². The van der Waals surface area contributed by atoms with Crippen molar-refractivity contribution < 1.29 is 32.5 Å². The highest BCUT2D eigenvalue weighted by molar-refractivity contribution is 5.68. The van der Waals surface area contributed by atoms with Crippen molar-refractivity contribution in [3.63, 3.8) is 0 Å². The van der Waals surface area contributed by atoms with Crippen molar-refractivity contribution in [3.8, 4) is 5.88 Å². The van der Waals surface area contributed by atoms with Gasteiger partial charge in [-0.15, -0.1) is 0 Å². The van der Waals surface area contributed by atoms with Crippen LogP contribution in [0.3, 0.4) is 0 Å². The number of nitrogens with zero attached hydrogens (tertiary/aromatic N) is 2. The van der Waals surface area contributed by atoms with Crippen molar-refractivity contribution in [2.24, 2.45) is 17.8 Å². The minimum absolute atomic E-state index is 0.110. The zero-order chi connectivity index (χ0) is 21.8. The first-order valence-electron chi connectivity index (χ1n) is 11.1. The van der Waals surface area contributed by atoms with Gasteiger partial charge in [0, 0.05) is 25.2 Å². The molecule has 0 aromatic carbocycles. The van der Waals surface area contributed by atoms with Crippen molar-refractivity contribution in [1.82, 2.24) is 9.88 Å². The topological polar surface area (TPSA) is 71.9 Å². The van der Waals surface area contributed by atoms with E-state index in [1.54, 1.807) is 4.90 Å². The summed E-state index contributed by atoms with van der Waals surface area (Å²) in [5.74, 6) is 1.18. The maximum atomic E-state index is 12.8. The highest BCUT2D eigenvalue weighted by atomic mass is 19.4. The Morgan fingerprint density at radius 2 is 2.00 bits per heavy atom. The SMILES string of the molecule is O=C(OC1C2CCC3(O)CC(C2)CC1C3)N1CCC(Oc2ccc(C(F)(F)F)cn2)C1. The maximum Gasteiger partial charge on any atom is 0.417 e. The van der Waals surface area contributed by atoms with Gasteiger partial charge in [0.15, 0.2) is 0 Å². The number of carbonyl (C=O) groups is 1. The molecule has 5 aliphatic rings. The molecule has 1 amide bonds. The Kier molecular flexibility index (Phi) is 5.07. The Morgan fingerprint density at radius 1 is 1.19 bits per heavy atom. The summed E-state index contributed by atoms with van der Waals surface area (Å²) in [6.45, 7) is 0.787. The number of aliphatic hydroxyl groups is 1. The minimum atomic E-state index is -4.44. The van der Waals surface area contributed by atoms with Gasteiger partial charge in [0.25, 0.3) is 0 Å². The summed E-state index contributed by atoms with van der Waals surface area (Å²) in [6, 6.07) is 2.14. The average molecular weight is 440 g/mol. The van der Waals surface area contributed by atoms with Crippen molar-refractivity contribution >= 4 is 6.09 Å². The highest BCUT2D eigenvalue weighted by Crippen LogP contribution is 2.54. The van der Waals surface area contributed by atoms with Crippen LogP contribution in [0.25, 0.3) is 0 Å². The molecular formula is C22H27F3N2O4. The van der Waals surface area contributed by atoms with Crippen LogP contribution in [0.5, 0.6) is 5.88 Å². The van der Waals surface area contributed by atoms with E-state index in [0.29, 0.717) is 37.8 Å². The van der Waals surface area contributed by atoms with Gasteiger partial charge in [-0.2, -0.15) is 13.2 Å². The van der Waals surface area contributed by atoms with E-state index in [9.17, 15) is 23.1 Å².